The molecule has 1 aromatic heterocycles. The summed E-state index contributed by atoms with van der Waals surface area (Å²) in [5.41, 5.74) is 0.897. The van der Waals surface area contributed by atoms with Crippen LogP contribution in [0.25, 0.3) is 5.69 Å². The van der Waals surface area contributed by atoms with Gasteiger partial charge in [-0.25, -0.2) is 8.78 Å². The highest BCUT2D eigenvalue weighted by Crippen LogP contribution is 2.11. The predicted octanol–water partition coefficient (Wildman–Crippen LogP) is 2.42. The van der Waals surface area contributed by atoms with Crippen molar-refractivity contribution in [2.75, 3.05) is 0 Å². The third kappa shape index (κ3) is 1.86. The number of hydrogen-bond donors (Lipinski definition) is 0. The normalized spacial score (nSPS) is 10.4. The third-order valence-electron chi connectivity index (χ3n) is 2.24. The Morgan fingerprint density at radius 2 is 1.81 bits per heavy atom. The van der Waals surface area contributed by atoms with Crippen LogP contribution in [0.1, 0.15) is 5.56 Å². The zero-order valence-corrected chi connectivity index (χ0v) is 8.58. The third-order valence-corrected chi connectivity index (χ3v) is 2.24. The number of nitrogens with zero attached hydrogens (tertiary/aromatic N) is 1. The molecular formula is C12H9F2NO. The summed E-state index contributed by atoms with van der Waals surface area (Å²) in [6.45, 7) is 1.82. The Kier molecular flexibility index (Phi) is 2.56. The van der Waals surface area contributed by atoms with Crippen LogP contribution in [-0.4, -0.2) is 4.57 Å². The minimum atomic E-state index is -0.967. The molecule has 0 saturated carbocycles. The maximum Gasteiger partial charge on any atom is 0.255 e. The van der Waals surface area contributed by atoms with Crippen molar-refractivity contribution in [2.24, 2.45) is 0 Å². The molecule has 0 N–H and O–H groups in total. The second-order valence-corrected chi connectivity index (χ2v) is 3.51. The first-order chi connectivity index (χ1) is 7.58. The molecule has 0 amide bonds. The zero-order chi connectivity index (χ0) is 11.7. The molecule has 1 aromatic carbocycles. The Labute approximate surface area is 90.8 Å². The maximum atomic E-state index is 13.0. The summed E-state index contributed by atoms with van der Waals surface area (Å²) in [5, 5.41) is 0. The molecule has 0 saturated heterocycles. The Morgan fingerprint density at radius 1 is 1.06 bits per heavy atom. The fourth-order valence-corrected chi connectivity index (χ4v) is 1.43. The minimum Gasteiger partial charge on any atom is -0.284 e. The van der Waals surface area contributed by atoms with Crippen molar-refractivity contribution in [1.29, 1.82) is 0 Å². The lowest BCUT2D eigenvalue weighted by Crippen LogP contribution is -2.16. The lowest BCUT2D eigenvalue weighted by atomic mass is 10.2. The lowest BCUT2D eigenvalue weighted by Gasteiger charge is -2.06. The standard InChI is InChI=1S/C12H9F2NO/c1-8-2-5-12(16)15(7-8)9-3-4-10(13)11(14)6-9/h2-7H,1H3. The summed E-state index contributed by atoms with van der Waals surface area (Å²) in [6, 6.07) is 6.41. The van der Waals surface area contributed by atoms with Gasteiger partial charge in [-0.2, -0.15) is 0 Å². The molecule has 2 rings (SSSR count). The van der Waals surface area contributed by atoms with Gasteiger partial charge in [0, 0.05) is 18.3 Å². The van der Waals surface area contributed by atoms with E-state index in [0.717, 1.165) is 17.7 Å². The number of benzene rings is 1. The van der Waals surface area contributed by atoms with E-state index in [0.29, 0.717) is 5.69 Å². The Morgan fingerprint density at radius 3 is 2.50 bits per heavy atom. The SMILES string of the molecule is Cc1ccc(=O)n(-c2ccc(F)c(F)c2)c1. The van der Waals surface area contributed by atoms with Gasteiger partial charge in [-0.15, -0.1) is 0 Å². The highest BCUT2D eigenvalue weighted by atomic mass is 19.2. The number of halogens is 2. The number of pyridine rings is 1. The van der Waals surface area contributed by atoms with Gasteiger partial charge in [0.05, 0.1) is 5.69 Å². The van der Waals surface area contributed by atoms with Gasteiger partial charge in [-0.3, -0.25) is 9.36 Å². The molecule has 0 radical (unpaired) electrons. The van der Waals surface area contributed by atoms with E-state index in [1.54, 1.807) is 12.3 Å². The molecule has 2 nitrogen and oxygen atoms in total. The molecule has 0 aliphatic rings. The summed E-state index contributed by atoms with van der Waals surface area (Å²) >= 11 is 0. The summed E-state index contributed by atoms with van der Waals surface area (Å²) in [7, 11) is 0. The maximum absolute atomic E-state index is 13.0. The van der Waals surface area contributed by atoms with E-state index in [4.69, 9.17) is 0 Å². The monoisotopic (exact) mass is 221 g/mol. The van der Waals surface area contributed by atoms with E-state index >= 15 is 0 Å². The van der Waals surface area contributed by atoms with Gasteiger partial charge in [-0.05, 0) is 24.6 Å². The fourth-order valence-electron chi connectivity index (χ4n) is 1.43. The van der Waals surface area contributed by atoms with Crippen LogP contribution in [0.3, 0.4) is 0 Å². The Hall–Kier alpha value is -1.97. The molecule has 0 aliphatic carbocycles. The lowest BCUT2D eigenvalue weighted by molar-refractivity contribution is 0.508. The largest absolute Gasteiger partial charge is 0.284 e. The molecule has 2 aromatic rings. The van der Waals surface area contributed by atoms with Crippen molar-refractivity contribution in [3.8, 4) is 5.69 Å². The van der Waals surface area contributed by atoms with E-state index < -0.39 is 11.6 Å². The van der Waals surface area contributed by atoms with Crippen molar-refractivity contribution < 1.29 is 8.78 Å². The predicted molar refractivity (Wildman–Crippen MR) is 56.7 cm³/mol. The van der Waals surface area contributed by atoms with Gasteiger partial charge in [-0.1, -0.05) is 6.07 Å². The Bertz CT molecular complexity index is 590. The van der Waals surface area contributed by atoms with E-state index in [1.807, 2.05) is 6.92 Å². The van der Waals surface area contributed by atoms with Gasteiger partial charge >= 0.3 is 0 Å². The molecule has 0 unspecified atom stereocenters. The molecule has 16 heavy (non-hydrogen) atoms. The first-order valence-corrected chi connectivity index (χ1v) is 4.72. The number of aromatic nitrogens is 1. The second kappa shape index (κ2) is 3.89. The highest BCUT2D eigenvalue weighted by molar-refractivity contribution is 5.33. The number of rotatable bonds is 1. The smallest absolute Gasteiger partial charge is 0.255 e. The summed E-state index contributed by atoms with van der Waals surface area (Å²) in [4.78, 5) is 11.5. The van der Waals surface area contributed by atoms with Crippen molar-refractivity contribution in [1.82, 2.24) is 4.57 Å². The highest BCUT2D eigenvalue weighted by Gasteiger charge is 2.05. The molecule has 0 bridgehead atoms. The van der Waals surface area contributed by atoms with E-state index in [9.17, 15) is 13.6 Å². The van der Waals surface area contributed by atoms with Crippen LogP contribution in [0.15, 0.2) is 41.3 Å². The molecule has 0 fully saturated rings. The van der Waals surface area contributed by atoms with Crippen LogP contribution in [-0.2, 0) is 0 Å². The van der Waals surface area contributed by atoms with Crippen LogP contribution in [0.4, 0.5) is 8.78 Å². The summed E-state index contributed by atoms with van der Waals surface area (Å²) in [5.74, 6) is -1.89. The second-order valence-electron chi connectivity index (χ2n) is 3.51. The summed E-state index contributed by atoms with van der Waals surface area (Å²) < 4.78 is 27.0. The van der Waals surface area contributed by atoms with Crippen LogP contribution >= 0.6 is 0 Å². The van der Waals surface area contributed by atoms with Crippen LogP contribution < -0.4 is 5.56 Å². The van der Waals surface area contributed by atoms with Gasteiger partial charge < -0.3 is 0 Å². The number of hydrogen-bond acceptors (Lipinski definition) is 1. The van der Waals surface area contributed by atoms with Crippen LogP contribution in [0.2, 0.25) is 0 Å². The van der Waals surface area contributed by atoms with Gasteiger partial charge in [0.2, 0.25) is 0 Å². The van der Waals surface area contributed by atoms with E-state index in [2.05, 4.69) is 0 Å². The van der Waals surface area contributed by atoms with Crippen molar-refractivity contribution in [2.45, 2.75) is 6.92 Å². The van der Waals surface area contributed by atoms with Crippen molar-refractivity contribution in [3.05, 3.63) is 64.1 Å². The molecule has 1 heterocycles. The molecule has 0 spiro atoms. The first kappa shape index (κ1) is 10.5. The van der Waals surface area contributed by atoms with Gasteiger partial charge in [0.1, 0.15) is 0 Å². The van der Waals surface area contributed by atoms with E-state index in [-0.39, 0.29) is 5.56 Å². The Balaban J connectivity index is 2.63. The quantitative estimate of drug-likeness (QED) is 0.724. The summed E-state index contributed by atoms with van der Waals surface area (Å²) in [6.07, 6.45) is 1.58. The van der Waals surface area contributed by atoms with E-state index in [1.165, 1.54) is 16.7 Å². The van der Waals surface area contributed by atoms with Crippen LogP contribution in [0.5, 0.6) is 0 Å². The molecule has 0 aliphatic heterocycles. The first-order valence-electron chi connectivity index (χ1n) is 4.72. The molecule has 82 valence electrons. The van der Waals surface area contributed by atoms with Gasteiger partial charge in [0.25, 0.3) is 5.56 Å². The molecule has 0 atom stereocenters. The topological polar surface area (TPSA) is 22.0 Å². The van der Waals surface area contributed by atoms with Crippen molar-refractivity contribution >= 4 is 0 Å². The average molecular weight is 221 g/mol. The molecule has 4 heteroatoms. The van der Waals surface area contributed by atoms with Crippen molar-refractivity contribution in [3.63, 3.8) is 0 Å². The van der Waals surface area contributed by atoms with Crippen LogP contribution in [0, 0.1) is 18.6 Å². The molecular weight excluding hydrogens is 212 g/mol. The fraction of sp³-hybridized carbons (Fsp3) is 0.0833. The average Bonchev–Trinajstić information content (AvgIpc) is 2.26. The van der Waals surface area contributed by atoms with Gasteiger partial charge in [0.15, 0.2) is 11.6 Å². The minimum absolute atomic E-state index is 0.281. The zero-order valence-electron chi connectivity index (χ0n) is 8.58. The number of aryl methyl sites for hydroxylation is 1.